The van der Waals surface area contributed by atoms with E-state index in [9.17, 15) is 14.4 Å². The van der Waals surface area contributed by atoms with Gasteiger partial charge in [0.2, 0.25) is 0 Å². The van der Waals surface area contributed by atoms with Gasteiger partial charge >= 0.3 is 11.7 Å². The molecule has 0 saturated heterocycles. The lowest BCUT2D eigenvalue weighted by Crippen LogP contribution is -2.33. The van der Waals surface area contributed by atoms with Crippen molar-refractivity contribution in [3.63, 3.8) is 0 Å². The molecule has 1 N–H and O–H groups in total. The van der Waals surface area contributed by atoms with E-state index in [4.69, 9.17) is 16.3 Å². The first kappa shape index (κ1) is 20.7. The first-order chi connectivity index (χ1) is 15.4. The highest BCUT2D eigenvalue weighted by Gasteiger charge is 2.46. The van der Waals surface area contributed by atoms with Crippen molar-refractivity contribution >= 4 is 39.1 Å². The number of ether oxygens (including phenoxy) is 1. The van der Waals surface area contributed by atoms with E-state index in [1.807, 2.05) is 25.1 Å². The van der Waals surface area contributed by atoms with Crippen molar-refractivity contribution < 1.29 is 9.53 Å². The molecule has 0 amide bonds. The first-order valence-electron chi connectivity index (χ1n) is 9.97. The zero-order chi connectivity index (χ0) is 22.6. The summed E-state index contributed by atoms with van der Waals surface area (Å²) < 4.78 is 6.36. The zero-order valence-electron chi connectivity index (χ0n) is 17.2. The monoisotopic (exact) mass is 467 g/mol. The molecule has 1 aliphatic carbocycles. The minimum atomic E-state index is -0.548. The number of hydrogen-bond acceptors (Lipinski definition) is 6. The second-order valence-electron chi connectivity index (χ2n) is 7.75. The number of nitrogens with zero attached hydrogens (tertiary/aromatic N) is 2. The number of benzene rings is 1. The lowest BCUT2D eigenvalue weighted by Gasteiger charge is -2.12. The molecule has 0 unspecified atom stereocenters. The molecule has 3 heterocycles. The summed E-state index contributed by atoms with van der Waals surface area (Å²) in [6, 6.07) is 9.12. The maximum absolute atomic E-state index is 13.4. The van der Waals surface area contributed by atoms with Gasteiger partial charge in [0.05, 0.1) is 30.4 Å². The molecule has 3 aromatic heterocycles. The van der Waals surface area contributed by atoms with E-state index in [1.165, 1.54) is 24.6 Å². The topological polar surface area (TPSA) is 94.0 Å². The maximum Gasteiger partial charge on any atom is 0.333 e. The number of esters is 1. The molecule has 1 saturated carbocycles. The van der Waals surface area contributed by atoms with E-state index in [-0.39, 0.29) is 17.8 Å². The molecule has 1 fully saturated rings. The van der Waals surface area contributed by atoms with Gasteiger partial charge in [-0.2, -0.15) is 0 Å². The lowest BCUT2D eigenvalue weighted by molar-refractivity contribution is -0.142. The van der Waals surface area contributed by atoms with Gasteiger partial charge in [-0.05, 0) is 42.5 Å². The Balaban J connectivity index is 1.64. The number of carbonyl (C=O) groups is 1. The minimum absolute atomic E-state index is 0.0259. The van der Waals surface area contributed by atoms with Gasteiger partial charge in [-0.1, -0.05) is 29.8 Å². The van der Waals surface area contributed by atoms with Gasteiger partial charge in [-0.3, -0.25) is 14.6 Å². The Morgan fingerprint density at radius 3 is 2.81 bits per heavy atom. The summed E-state index contributed by atoms with van der Waals surface area (Å²) in [4.78, 5) is 46.0. The number of hydrogen-bond donors (Lipinski definition) is 1. The van der Waals surface area contributed by atoms with Crippen molar-refractivity contribution in [2.45, 2.75) is 19.3 Å². The van der Waals surface area contributed by atoms with Crippen LogP contribution in [0.5, 0.6) is 0 Å². The first-order valence-corrected chi connectivity index (χ1v) is 11.2. The summed E-state index contributed by atoms with van der Waals surface area (Å²) >= 11 is 7.59. The van der Waals surface area contributed by atoms with Crippen molar-refractivity contribution in [1.29, 1.82) is 0 Å². The molecule has 1 aliphatic rings. The number of nitrogens with one attached hydrogen (secondary N) is 1. The number of aromatic amines is 1. The third-order valence-electron chi connectivity index (χ3n) is 5.88. The summed E-state index contributed by atoms with van der Waals surface area (Å²) in [7, 11) is 1.37. The van der Waals surface area contributed by atoms with E-state index in [1.54, 1.807) is 18.3 Å². The Bertz CT molecular complexity index is 1500. The van der Waals surface area contributed by atoms with Crippen LogP contribution in [0.1, 0.15) is 23.5 Å². The summed E-state index contributed by atoms with van der Waals surface area (Å²) in [6.45, 7) is 1.83. The zero-order valence-corrected chi connectivity index (χ0v) is 18.8. The van der Waals surface area contributed by atoms with Crippen molar-refractivity contribution in [2.24, 2.45) is 5.92 Å². The lowest BCUT2D eigenvalue weighted by atomic mass is 10.0. The highest BCUT2D eigenvalue weighted by atomic mass is 35.5. The molecule has 7 nitrogen and oxygen atoms in total. The molecule has 162 valence electrons. The summed E-state index contributed by atoms with van der Waals surface area (Å²) in [6.07, 6.45) is 3.85. The predicted octanol–water partition coefficient (Wildman–Crippen LogP) is 4.04. The second kappa shape index (κ2) is 7.72. The van der Waals surface area contributed by atoms with Crippen LogP contribution in [0.25, 0.3) is 26.3 Å². The van der Waals surface area contributed by atoms with Crippen LogP contribution in [-0.2, 0) is 9.53 Å². The molecule has 0 aliphatic heterocycles. The number of fused-ring (bicyclic) bond motifs is 1. The van der Waals surface area contributed by atoms with E-state index in [0.29, 0.717) is 27.3 Å². The average Bonchev–Trinajstić information content (AvgIpc) is 3.46. The Labute approximate surface area is 191 Å². The molecule has 0 radical (unpaired) electrons. The fourth-order valence-electron chi connectivity index (χ4n) is 4.10. The Hall–Kier alpha value is -3.23. The number of thiophene rings is 1. The smallest absolute Gasteiger partial charge is 0.333 e. The summed E-state index contributed by atoms with van der Waals surface area (Å²) in [5, 5.41) is 0.569. The number of methoxy groups -OCH3 is 1. The van der Waals surface area contributed by atoms with Crippen LogP contribution >= 0.6 is 22.9 Å². The quantitative estimate of drug-likeness (QED) is 0.457. The summed E-state index contributed by atoms with van der Waals surface area (Å²) in [5.74, 6) is -0.507. The fourth-order valence-corrected chi connectivity index (χ4v) is 5.48. The van der Waals surface area contributed by atoms with Crippen LogP contribution < -0.4 is 11.2 Å². The number of pyridine rings is 1. The molecule has 5 rings (SSSR count). The number of H-pyrrole nitrogens is 1. The van der Waals surface area contributed by atoms with Crippen molar-refractivity contribution in [1.82, 2.24) is 14.5 Å². The van der Waals surface area contributed by atoms with Gasteiger partial charge < -0.3 is 9.72 Å². The van der Waals surface area contributed by atoms with Crippen LogP contribution in [0.2, 0.25) is 5.02 Å². The van der Waals surface area contributed by atoms with Crippen LogP contribution in [0.3, 0.4) is 0 Å². The number of rotatable bonds is 4. The molecule has 2 atom stereocenters. The van der Waals surface area contributed by atoms with Crippen LogP contribution in [0.15, 0.2) is 52.3 Å². The molecule has 0 bridgehead atoms. The Kier molecular flexibility index (Phi) is 4.98. The van der Waals surface area contributed by atoms with Crippen molar-refractivity contribution in [3.8, 4) is 16.1 Å². The van der Waals surface area contributed by atoms with E-state index in [2.05, 4.69) is 9.97 Å². The second-order valence-corrected chi connectivity index (χ2v) is 9.21. The third-order valence-corrected chi connectivity index (χ3v) is 7.36. The minimum Gasteiger partial charge on any atom is -0.469 e. The Morgan fingerprint density at radius 1 is 1.28 bits per heavy atom. The molecule has 9 heteroatoms. The number of halogens is 1. The third kappa shape index (κ3) is 3.27. The molecule has 0 spiro atoms. The number of aromatic nitrogens is 3. The maximum atomic E-state index is 13.4. The van der Waals surface area contributed by atoms with Gasteiger partial charge in [0, 0.05) is 21.7 Å². The highest BCUT2D eigenvalue weighted by molar-refractivity contribution is 7.22. The number of carbonyl (C=O) groups excluding carboxylic acids is 1. The molecule has 1 aromatic carbocycles. The SMILES string of the molecule is COC(=O)[C@H]1C[C@@H]1c1cncc(-n2c(=O)[nH]c3cc(-c4ccccc4Cl)sc3c2=O)c1C. The Morgan fingerprint density at radius 2 is 2.06 bits per heavy atom. The largest absolute Gasteiger partial charge is 0.469 e. The molecule has 32 heavy (non-hydrogen) atoms. The van der Waals surface area contributed by atoms with Gasteiger partial charge in [0.25, 0.3) is 5.56 Å². The van der Waals surface area contributed by atoms with E-state index in [0.717, 1.165) is 26.1 Å². The van der Waals surface area contributed by atoms with Gasteiger partial charge in [-0.25, -0.2) is 9.36 Å². The van der Waals surface area contributed by atoms with Crippen LogP contribution in [0, 0.1) is 12.8 Å². The molecular weight excluding hydrogens is 450 g/mol. The summed E-state index contributed by atoms with van der Waals surface area (Å²) in [5.41, 5.74) is 2.27. The molecular formula is C23H18ClN3O4S. The molecule has 4 aromatic rings. The standard InChI is InChI=1S/C23H18ClN3O4S/c1-11-15(13-7-14(13)22(29)31-2)9-25-10-18(11)27-21(28)20-17(26-23(27)30)8-19(32-20)12-5-3-4-6-16(12)24/h3-6,8-10,13-14H,7H2,1-2H3,(H,26,30)/t13-,14-/m0/s1. The van der Waals surface area contributed by atoms with Gasteiger partial charge in [0.15, 0.2) is 0 Å². The van der Waals surface area contributed by atoms with Crippen molar-refractivity contribution in [2.75, 3.05) is 7.11 Å². The van der Waals surface area contributed by atoms with Gasteiger partial charge in [0.1, 0.15) is 4.70 Å². The van der Waals surface area contributed by atoms with E-state index < -0.39 is 11.2 Å². The fraction of sp³-hybridized carbons (Fsp3) is 0.217. The normalized spacial score (nSPS) is 17.5. The van der Waals surface area contributed by atoms with Crippen molar-refractivity contribution in [3.05, 3.63) is 79.7 Å². The van der Waals surface area contributed by atoms with Crippen LogP contribution in [-0.4, -0.2) is 27.6 Å². The van der Waals surface area contributed by atoms with Gasteiger partial charge in [-0.15, -0.1) is 11.3 Å². The van der Waals surface area contributed by atoms with Crippen LogP contribution in [0.4, 0.5) is 0 Å². The predicted molar refractivity (Wildman–Crippen MR) is 124 cm³/mol. The highest BCUT2D eigenvalue weighted by Crippen LogP contribution is 2.49. The van der Waals surface area contributed by atoms with E-state index >= 15 is 0 Å². The average molecular weight is 468 g/mol.